The molecule has 0 unspecified atom stereocenters. The van der Waals surface area contributed by atoms with Crippen LogP contribution in [0.15, 0.2) is 30.3 Å². The molecule has 0 amide bonds. The summed E-state index contributed by atoms with van der Waals surface area (Å²) >= 11 is 0. The van der Waals surface area contributed by atoms with Crippen LogP contribution in [0.2, 0.25) is 0 Å². The van der Waals surface area contributed by atoms with Crippen LogP contribution < -0.4 is 0 Å². The second kappa shape index (κ2) is 6.23. The third-order valence-electron chi connectivity index (χ3n) is 3.88. The molecule has 2 aliphatic rings. The van der Waals surface area contributed by atoms with E-state index in [-0.39, 0.29) is 0 Å². The third-order valence-corrected chi connectivity index (χ3v) is 3.88. The maximum atomic E-state index is 9.94. The van der Waals surface area contributed by atoms with Crippen molar-refractivity contribution in [2.45, 2.75) is 56.9 Å². The van der Waals surface area contributed by atoms with Crippen LogP contribution in [0.1, 0.15) is 19.4 Å². The van der Waals surface area contributed by atoms with E-state index >= 15 is 0 Å². The smallest absolute Gasteiger partial charge is 0.190 e. The van der Waals surface area contributed by atoms with Gasteiger partial charge in [-0.25, -0.2) is 0 Å². The van der Waals surface area contributed by atoms with Gasteiger partial charge in [-0.3, -0.25) is 0 Å². The Bertz CT molecular complexity index is 491. The van der Waals surface area contributed by atoms with Crippen LogP contribution in [-0.4, -0.2) is 53.3 Å². The zero-order chi connectivity index (χ0) is 15.7. The normalized spacial score (nSPS) is 34.5. The Morgan fingerprint density at radius 2 is 1.95 bits per heavy atom. The van der Waals surface area contributed by atoms with Crippen molar-refractivity contribution >= 4 is 0 Å². The highest BCUT2D eigenvalue weighted by Gasteiger charge is 2.56. The lowest BCUT2D eigenvalue weighted by Crippen LogP contribution is -2.44. The Balaban J connectivity index is 1.71. The molecule has 0 spiro atoms. The van der Waals surface area contributed by atoms with E-state index in [4.69, 9.17) is 18.9 Å². The van der Waals surface area contributed by atoms with E-state index in [2.05, 4.69) is 0 Å². The highest BCUT2D eigenvalue weighted by atomic mass is 16.8. The maximum absolute atomic E-state index is 9.94. The Labute approximate surface area is 129 Å². The van der Waals surface area contributed by atoms with Gasteiger partial charge in [0, 0.05) is 0 Å². The Hall–Kier alpha value is -1.02. The summed E-state index contributed by atoms with van der Waals surface area (Å²) < 4.78 is 23.1. The van der Waals surface area contributed by atoms with Gasteiger partial charge >= 0.3 is 0 Å². The molecule has 2 heterocycles. The molecule has 2 N–H and O–H groups in total. The fraction of sp³-hybridized carbons (Fsp3) is 0.625. The molecule has 2 saturated heterocycles. The molecular formula is C16H22O6. The summed E-state index contributed by atoms with van der Waals surface area (Å²) in [5, 5.41) is 19.1. The van der Waals surface area contributed by atoms with E-state index in [1.807, 2.05) is 30.3 Å². The van der Waals surface area contributed by atoms with E-state index in [0.717, 1.165) is 5.56 Å². The molecule has 2 fully saturated rings. The first-order valence-corrected chi connectivity index (χ1v) is 7.46. The largest absolute Gasteiger partial charge is 0.394 e. The van der Waals surface area contributed by atoms with Crippen LogP contribution in [-0.2, 0) is 25.6 Å². The second-order valence-electron chi connectivity index (χ2n) is 6.08. The van der Waals surface area contributed by atoms with Gasteiger partial charge < -0.3 is 29.2 Å². The lowest BCUT2D eigenvalue weighted by molar-refractivity contribution is -0.232. The monoisotopic (exact) mass is 310 g/mol. The van der Waals surface area contributed by atoms with Crippen molar-refractivity contribution in [1.82, 2.24) is 0 Å². The molecule has 0 bridgehead atoms. The molecule has 1 aromatic rings. The molecule has 0 saturated carbocycles. The van der Waals surface area contributed by atoms with Gasteiger partial charge in [0.25, 0.3) is 0 Å². The number of aliphatic hydroxyl groups excluding tert-OH is 2. The molecule has 5 atom stereocenters. The third kappa shape index (κ3) is 3.17. The fourth-order valence-electron chi connectivity index (χ4n) is 2.87. The van der Waals surface area contributed by atoms with Gasteiger partial charge in [-0.1, -0.05) is 30.3 Å². The van der Waals surface area contributed by atoms with Crippen molar-refractivity contribution in [1.29, 1.82) is 0 Å². The Kier molecular flexibility index (Phi) is 4.49. The molecule has 122 valence electrons. The molecule has 6 heteroatoms. The molecule has 22 heavy (non-hydrogen) atoms. The van der Waals surface area contributed by atoms with Gasteiger partial charge in [-0.05, 0) is 19.4 Å². The van der Waals surface area contributed by atoms with E-state index < -0.39 is 43.1 Å². The summed E-state index contributed by atoms with van der Waals surface area (Å²) in [5.41, 5.74) is 1.02. The van der Waals surface area contributed by atoms with Crippen molar-refractivity contribution in [3.63, 3.8) is 0 Å². The van der Waals surface area contributed by atoms with Crippen LogP contribution in [0.4, 0.5) is 0 Å². The van der Waals surface area contributed by atoms with Crippen molar-refractivity contribution < 1.29 is 29.2 Å². The Morgan fingerprint density at radius 3 is 2.64 bits per heavy atom. The van der Waals surface area contributed by atoms with E-state index in [1.165, 1.54) is 0 Å². The summed E-state index contributed by atoms with van der Waals surface area (Å²) in [5.74, 6) is -0.751. The zero-order valence-corrected chi connectivity index (χ0v) is 12.7. The number of benzene rings is 1. The summed E-state index contributed by atoms with van der Waals surface area (Å²) in [6.45, 7) is 3.58. The van der Waals surface area contributed by atoms with Crippen LogP contribution in [0.25, 0.3) is 0 Å². The van der Waals surface area contributed by atoms with Crippen LogP contribution in [0, 0.1) is 0 Å². The minimum absolute atomic E-state index is 0.372. The lowest BCUT2D eigenvalue weighted by atomic mass is 10.1. The summed E-state index contributed by atoms with van der Waals surface area (Å²) in [6, 6.07) is 9.73. The summed E-state index contributed by atoms with van der Waals surface area (Å²) in [7, 11) is 0. The lowest BCUT2D eigenvalue weighted by Gasteiger charge is -2.28. The number of rotatable bonds is 5. The van der Waals surface area contributed by atoms with Gasteiger partial charge in [0.2, 0.25) is 0 Å². The molecule has 0 radical (unpaired) electrons. The summed E-state index contributed by atoms with van der Waals surface area (Å²) in [6.07, 6.45) is -3.25. The van der Waals surface area contributed by atoms with E-state index in [1.54, 1.807) is 13.8 Å². The molecule has 0 aromatic heterocycles. The molecule has 2 aliphatic heterocycles. The quantitative estimate of drug-likeness (QED) is 0.838. The highest BCUT2D eigenvalue weighted by molar-refractivity contribution is 5.13. The van der Waals surface area contributed by atoms with Gasteiger partial charge in [0.15, 0.2) is 12.1 Å². The summed E-state index contributed by atoms with van der Waals surface area (Å²) in [4.78, 5) is 0. The van der Waals surface area contributed by atoms with E-state index in [0.29, 0.717) is 6.61 Å². The van der Waals surface area contributed by atoms with Gasteiger partial charge in [0.1, 0.15) is 24.4 Å². The second-order valence-corrected chi connectivity index (χ2v) is 6.08. The van der Waals surface area contributed by atoms with E-state index in [9.17, 15) is 10.2 Å². The number of ether oxygens (including phenoxy) is 4. The van der Waals surface area contributed by atoms with Crippen LogP contribution in [0.3, 0.4) is 0 Å². The number of fused-ring (bicyclic) bond motifs is 1. The van der Waals surface area contributed by atoms with Crippen LogP contribution >= 0.6 is 0 Å². The van der Waals surface area contributed by atoms with Gasteiger partial charge in [-0.2, -0.15) is 0 Å². The van der Waals surface area contributed by atoms with Crippen molar-refractivity contribution in [2.75, 3.05) is 6.61 Å². The highest BCUT2D eigenvalue weighted by Crippen LogP contribution is 2.39. The minimum Gasteiger partial charge on any atom is -0.394 e. The fourth-order valence-corrected chi connectivity index (χ4v) is 2.87. The number of hydrogen-bond acceptors (Lipinski definition) is 6. The van der Waals surface area contributed by atoms with Gasteiger partial charge in [-0.15, -0.1) is 0 Å². The molecule has 6 nitrogen and oxygen atoms in total. The maximum Gasteiger partial charge on any atom is 0.190 e. The standard InChI is InChI=1S/C16H22O6/c1-16(2)21-14-13(19-9-10-6-4-3-5-7-10)12(11(18)8-17)20-15(14)22-16/h3-7,11-15,17-18H,8-9H2,1-2H3/t11-,12+,13-,14-,15-/m1/s1. The number of hydrogen-bond donors (Lipinski definition) is 2. The first kappa shape index (κ1) is 15.9. The molecular weight excluding hydrogens is 288 g/mol. The SMILES string of the molecule is CC1(C)O[C@H]2O[C@@H]([C@H](O)CO)[C@@H](OCc3ccccc3)[C@H]2O1. The number of aliphatic hydroxyl groups is 2. The Morgan fingerprint density at radius 1 is 1.23 bits per heavy atom. The van der Waals surface area contributed by atoms with Crippen molar-refractivity contribution in [3.8, 4) is 0 Å². The molecule has 3 rings (SSSR count). The predicted molar refractivity (Wildman–Crippen MR) is 76.8 cm³/mol. The zero-order valence-electron chi connectivity index (χ0n) is 12.7. The minimum atomic E-state index is -1.04. The van der Waals surface area contributed by atoms with Crippen molar-refractivity contribution in [3.05, 3.63) is 35.9 Å². The topological polar surface area (TPSA) is 77.4 Å². The average molecular weight is 310 g/mol. The van der Waals surface area contributed by atoms with Crippen LogP contribution in [0.5, 0.6) is 0 Å². The van der Waals surface area contributed by atoms with Crippen molar-refractivity contribution in [2.24, 2.45) is 0 Å². The molecule has 0 aliphatic carbocycles. The van der Waals surface area contributed by atoms with Gasteiger partial charge in [0.05, 0.1) is 13.2 Å². The predicted octanol–water partition coefficient (Wildman–Crippen LogP) is 0.801. The molecule has 1 aromatic carbocycles. The first-order valence-electron chi connectivity index (χ1n) is 7.46. The first-order chi connectivity index (χ1) is 10.5. The average Bonchev–Trinajstić information content (AvgIpc) is 2.97.